The molecule has 19 heavy (non-hydrogen) atoms. The fourth-order valence-electron chi connectivity index (χ4n) is 1.94. The van der Waals surface area contributed by atoms with Crippen molar-refractivity contribution in [2.24, 2.45) is 11.8 Å². The van der Waals surface area contributed by atoms with E-state index in [9.17, 15) is 0 Å². The van der Waals surface area contributed by atoms with E-state index in [1.54, 1.807) is 0 Å². The number of benzene rings is 1. The number of nitrogens with one attached hydrogen (secondary N) is 1. The van der Waals surface area contributed by atoms with E-state index >= 15 is 0 Å². The Morgan fingerprint density at radius 1 is 1.37 bits per heavy atom. The lowest BCUT2D eigenvalue weighted by molar-refractivity contribution is 0.111. The highest BCUT2D eigenvalue weighted by Gasteiger charge is 2.21. The van der Waals surface area contributed by atoms with Gasteiger partial charge in [0.1, 0.15) is 0 Å². The number of rotatable bonds is 8. The average molecular weight is 326 g/mol. The Morgan fingerprint density at radius 2 is 2.16 bits per heavy atom. The van der Waals surface area contributed by atoms with Gasteiger partial charge in [-0.2, -0.15) is 0 Å². The SMILES string of the molecule is CC(C)CNCc1ccc(COCC2CC2)c(Br)c1. The molecule has 2 rings (SSSR count). The molecule has 0 unspecified atom stereocenters. The quantitative estimate of drug-likeness (QED) is 0.776. The molecule has 1 saturated carbocycles. The second kappa shape index (κ2) is 7.41. The van der Waals surface area contributed by atoms with Crippen LogP contribution in [0.5, 0.6) is 0 Å². The molecule has 0 radical (unpaired) electrons. The van der Waals surface area contributed by atoms with Crippen LogP contribution in [0.25, 0.3) is 0 Å². The third-order valence-electron chi connectivity index (χ3n) is 3.31. The maximum atomic E-state index is 5.73. The molecule has 0 spiro atoms. The molecule has 3 heteroatoms. The van der Waals surface area contributed by atoms with E-state index in [2.05, 4.69) is 53.3 Å². The third-order valence-corrected chi connectivity index (χ3v) is 4.05. The number of hydrogen-bond acceptors (Lipinski definition) is 2. The van der Waals surface area contributed by atoms with Crippen LogP contribution in [0.1, 0.15) is 37.8 Å². The van der Waals surface area contributed by atoms with Crippen molar-refractivity contribution in [1.82, 2.24) is 5.32 Å². The minimum absolute atomic E-state index is 0.693. The first kappa shape index (κ1) is 15.0. The van der Waals surface area contributed by atoms with Gasteiger partial charge in [-0.05, 0) is 48.4 Å². The summed E-state index contributed by atoms with van der Waals surface area (Å²) < 4.78 is 6.89. The normalized spacial score (nSPS) is 15.2. The summed E-state index contributed by atoms with van der Waals surface area (Å²) in [5, 5.41) is 3.46. The summed E-state index contributed by atoms with van der Waals surface area (Å²) in [5.41, 5.74) is 2.56. The van der Waals surface area contributed by atoms with E-state index in [0.717, 1.165) is 36.7 Å². The molecule has 1 aliphatic carbocycles. The standard InChI is InChI=1S/C16H24BrNO/c1-12(2)8-18-9-14-5-6-15(16(17)7-14)11-19-10-13-3-4-13/h5-7,12-13,18H,3-4,8-11H2,1-2H3. The first-order valence-corrected chi connectivity index (χ1v) is 8.00. The molecule has 0 heterocycles. The molecule has 106 valence electrons. The van der Waals surface area contributed by atoms with Crippen molar-refractivity contribution in [3.63, 3.8) is 0 Å². The molecule has 0 amide bonds. The van der Waals surface area contributed by atoms with Crippen molar-refractivity contribution < 1.29 is 4.74 Å². The van der Waals surface area contributed by atoms with Gasteiger partial charge in [0.25, 0.3) is 0 Å². The summed E-state index contributed by atoms with van der Waals surface area (Å²) in [6.45, 7) is 8.08. The van der Waals surface area contributed by atoms with Gasteiger partial charge in [-0.3, -0.25) is 0 Å². The first-order valence-electron chi connectivity index (χ1n) is 7.21. The lowest BCUT2D eigenvalue weighted by Gasteiger charge is -2.10. The molecular formula is C16H24BrNO. The van der Waals surface area contributed by atoms with Crippen molar-refractivity contribution in [3.05, 3.63) is 33.8 Å². The molecule has 1 aromatic rings. The molecule has 0 saturated heterocycles. The molecule has 1 fully saturated rings. The Kier molecular flexibility index (Phi) is 5.86. The minimum atomic E-state index is 0.693. The Hall–Kier alpha value is -0.380. The summed E-state index contributed by atoms with van der Waals surface area (Å²) >= 11 is 3.64. The molecular weight excluding hydrogens is 302 g/mol. The third kappa shape index (κ3) is 5.64. The van der Waals surface area contributed by atoms with Crippen molar-refractivity contribution in [1.29, 1.82) is 0 Å². The summed E-state index contributed by atoms with van der Waals surface area (Å²) in [6, 6.07) is 6.56. The van der Waals surface area contributed by atoms with Gasteiger partial charge in [-0.1, -0.05) is 41.9 Å². The Labute approximate surface area is 125 Å². The Morgan fingerprint density at radius 3 is 2.79 bits per heavy atom. The number of hydrogen-bond donors (Lipinski definition) is 1. The Balaban J connectivity index is 1.78. The zero-order valence-electron chi connectivity index (χ0n) is 11.9. The smallest absolute Gasteiger partial charge is 0.0727 e. The highest BCUT2D eigenvalue weighted by molar-refractivity contribution is 9.10. The van der Waals surface area contributed by atoms with Crippen LogP contribution in [-0.4, -0.2) is 13.2 Å². The molecule has 2 nitrogen and oxygen atoms in total. The molecule has 0 aromatic heterocycles. The van der Waals surface area contributed by atoms with Crippen LogP contribution in [0.3, 0.4) is 0 Å². The van der Waals surface area contributed by atoms with Gasteiger partial charge in [0.05, 0.1) is 6.61 Å². The van der Waals surface area contributed by atoms with Crippen LogP contribution in [0.4, 0.5) is 0 Å². The molecule has 1 aromatic carbocycles. The van der Waals surface area contributed by atoms with Crippen LogP contribution in [0.2, 0.25) is 0 Å². The molecule has 1 aliphatic rings. The van der Waals surface area contributed by atoms with Crippen LogP contribution in [0.15, 0.2) is 22.7 Å². The maximum Gasteiger partial charge on any atom is 0.0727 e. The number of ether oxygens (including phenoxy) is 1. The van der Waals surface area contributed by atoms with E-state index in [4.69, 9.17) is 4.74 Å². The lowest BCUT2D eigenvalue weighted by atomic mass is 10.1. The highest BCUT2D eigenvalue weighted by Crippen LogP contribution is 2.29. The summed E-state index contributed by atoms with van der Waals surface area (Å²) in [4.78, 5) is 0. The Bertz CT molecular complexity index is 402. The van der Waals surface area contributed by atoms with Crippen molar-refractivity contribution >= 4 is 15.9 Å². The fourth-order valence-corrected chi connectivity index (χ4v) is 2.48. The predicted octanol–water partition coefficient (Wildman–Crippen LogP) is 4.12. The topological polar surface area (TPSA) is 21.3 Å². The predicted molar refractivity (Wildman–Crippen MR) is 83.1 cm³/mol. The fraction of sp³-hybridized carbons (Fsp3) is 0.625. The van der Waals surface area contributed by atoms with Gasteiger partial charge in [0.2, 0.25) is 0 Å². The first-order chi connectivity index (χ1) is 9.15. The van der Waals surface area contributed by atoms with Crippen molar-refractivity contribution in [2.45, 2.75) is 39.8 Å². The van der Waals surface area contributed by atoms with E-state index in [0.29, 0.717) is 5.92 Å². The van der Waals surface area contributed by atoms with Gasteiger partial charge >= 0.3 is 0 Å². The van der Waals surface area contributed by atoms with E-state index in [-0.39, 0.29) is 0 Å². The van der Waals surface area contributed by atoms with E-state index in [1.807, 2.05) is 0 Å². The largest absolute Gasteiger partial charge is 0.376 e. The van der Waals surface area contributed by atoms with Gasteiger partial charge in [0, 0.05) is 17.6 Å². The van der Waals surface area contributed by atoms with Crippen LogP contribution >= 0.6 is 15.9 Å². The zero-order valence-corrected chi connectivity index (χ0v) is 13.5. The monoisotopic (exact) mass is 325 g/mol. The number of halogens is 1. The van der Waals surface area contributed by atoms with Gasteiger partial charge < -0.3 is 10.1 Å². The van der Waals surface area contributed by atoms with Gasteiger partial charge in [0.15, 0.2) is 0 Å². The molecule has 0 atom stereocenters. The van der Waals surface area contributed by atoms with Crippen LogP contribution in [-0.2, 0) is 17.9 Å². The van der Waals surface area contributed by atoms with E-state index < -0.39 is 0 Å². The lowest BCUT2D eigenvalue weighted by Crippen LogP contribution is -2.18. The van der Waals surface area contributed by atoms with Gasteiger partial charge in [-0.25, -0.2) is 0 Å². The van der Waals surface area contributed by atoms with Gasteiger partial charge in [-0.15, -0.1) is 0 Å². The van der Waals surface area contributed by atoms with Crippen molar-refractivity contribution in [2.75, 3.05) is 13.2 Å². The average Bonchev–Trinajstić information content (AvgIpc) is 3.15. The summed E-state index contributed by atoms with van der Waals surface area (Å²) in [5.74, 6) is 1.52. The summed E-state index contributed by atoms with van der Waals surface area (Å²) in [7, 11) is 0. The molecule has 0 bridgehead atoms. The second-order valence-corrected chi connectivity index (χ2v) is 6.76. The van der Waals surface area contributed by atoms with Crippen LogP contribution < -0.4 is 5.32 Å². The summed E-state index contributed by atoms with van der Waals surface area (Å²) in [6.07, 6.45) is 2.70. The molecule has 0 aliphatic heterocycles. The zero-order chi connectivity index (χ0) is 13.7. The molecule has 1 N–H and O–H groups in total. The second-order valence-electron chi connectivity index (χ2n) is 5.91. The maximum absolute atomic E-state index is 5.73. The highest BCUT2D eigenvalue weighted by atomic mass is 79.9. The van der Waals surface area contributed by atoms with E-state index in [1.165, 1.54) is 24.0 Å². The van der Waals surface area contributed by atoms with Crippen molar-refractivity contribution in [3.8, 4) is 0 Å². The van der Waals surface area contributed by atoms with Crippen LogP contribution in [0, 0.1) is 11.8 Å². The minimum Gasteiger partial charge on any atom is -0.376 e.